The minimum absolute atomic E-state index is 0.0000418. The molecule has 2 aliphatic heterocycles. The van der Waals surface area contributed by atoms with Gasteiger partial charge in [-0.25, -0.2) is 0 Å². The molecular formula is C14H23N3O3S. The molecule has 1 amide bonds. The lowest BCUT2D eigenvalue weighted by molar-refractivity contribution is -0.138. The molecule has 118 valence electrons. The van der Waals surface area contributed by atoms with E-state index in [2.05, 4.69) is 10.6 Å². The first-order chi connectivity index (χ1) is 10.1. The first-order valence-corrected chi connectivity index (χ1v) is 8.65. The van der Waals surface area contributed by atoms with E-state index in [1.165, 1.54) is 19.3 Å². The van der Waals surface area contributed by atoms with Crippen LogP contribution in [-0.2, 0) is 9.59 Å². The molecule has 0 aromatic heterocycles. The van der Waals surface area contributed by atoms with Gasteiger partial charge in [-0.15, -0.1) is 11.8 Å². The van der Waals surface area contributed by atoms with Crippen LogP contribution in [0.5, 0.6) is 0 Å². The molecule has 0 aromatic carbocycles. The van der Waals surface area contributed by atoms with Gasteiger partial charge in [-0.05, 0) is 44.1 Å². The molecule has 4 unspecified atom stereocenters. The average molecular weight is 313 g/mol. The Labute approximate surface area is 128 Å². The maximum absolute atomic E-state index is 12.2. The van der Waals surface area contributed by atoms with Crippen LogP contribution in [0.1, 0.15) is 25.7 Å². The highest BCUT2D eigenvalue weighted by atomic mass is 32.2. The van der Waals surface area contributed by atoms with Crippen LogP contribution >= 0.6 is 11.8 Å². The van der Waals surface area contributed by atoms with Crippen molar-refractivity contribution in [3.8, 4) is 0 Å². The minimum Gasteiger partial charge on any atom is -0.480 e. The summed E-state index contributed by atoms with van der Waals surface area (Å²) in [6.07, 6.45) is 4.75. The second kappa shape index (κ2) is 6.14. The van der Waals surface area contributed by atoms with Gasteiger partial charge in [-0.3, -0.25) is 9.59 Å². The van der Waals surface area contributed by atoms with Crippen molar-refractivity contribution < 1.29 is 14.7 Å². The molecule has 2 heterocycles. The molecule has 0 radical (unpaired) electrons. The number of carbonyl (C=O) groups is 2. The topological polar surface area (TPSA) is 104 Å². The molecule has 2 saturated heterocycles. The molecule has 21 heavy (non-hydrogen) atoms. The molecule has 5 N–H and O–H groups in total. The summed E-state index contributed by atoms with van der Waals surface area (Å²) in [6.45, 7) is 1.06. The summed E-state index contributed by atoms with van der Waals surface area (Å²) >= 11 is 1.78. The third kappa shape index (κ3) is 3.35. The van der Waals surface area contributed by atoms with Gasteiger partial charge in [-0.1, -0.05) is 0 Å². The zero-order valence-corrected chi connectivity index (χ0v) is 12.8. The van der Waals surface area contributed by atoms with Gasteiger partial charge in [0.1, 0.15) is 6.04 Å². The van der Waals surface area contributed by atoms with Crippen molar-refractivity contribution in [2.24, 2.45) is 17.6 Å². The van der Waals surface area contributed by atoms with Crippen LogP contribution in [0.15, 0.2) is 0 Å². The highest BCUT2D eigenvalue weighted by Crippen LogP contribution is 2.50. The Kier molecular flexibility index (Phi) is 4.42. The van der Waals surface area contributed by atoms with Crippen LogP contribution in [0.2, 0.25) is 0 Å². The summed E-state index contributed by atoms with van der Waals surface area (Å²) < 4.78 is 0. The lowest BCUT2D eigenvalue weighted by Gasteiger charge is -2.34. The van der Waals surface area contributed by atoms with Gasteiger partial charge in [0.15, 0.2) is 0 Å². The van der Waals surface area contributed by atoms with Crippen LogP contribution < -0.4 is 16.4 Å². The number of carbonyl (C=O) groups excluding carboxylic acids is 1. The lowest BCUT2D eigenvalue weighted by Crippen LogP contribution is -2.46. The van der Waals surface area contributed by atoms with Crippen molar-refractivity contribution in [1.82, 2.24) is 10.6 Å². The van der Waals surface area contributed by atoms with Crippen LogP contribution in [0.3, 0.4) is 0 Å². The number of rotatable bonds is 5. The normalized spacial score (nSPS) is 36.8. The minimum atomic E-state index is -1.08. The molecule has 5 atom stereocenters. The fraction of sp³-hybridized carbons (Fsp3) is 0.857. The maximum Gasteiger partial charge on any atom is 0.322 e. The monoisotopic (exact) mass is 313 g/mol. The Bertz CT molecular complexity index is 430. The first-order valence-electron chi connectivity index (χ1n) is 7.71. The second-order valence-electron chi connectivity index (χ2n) is 6.37. The molecule has 3 fully saturated rings. The third-order valence-corrected chi connectivity index (χ3v) is 6.55. The molecule has 7 heteroatoms. The van der Waals surface area contributed by atoms with Gasteiger partial charge >= 0.3 is 5.97 Å². The second-order valence-corrected chi connectivity index (χ2v) is 7.75. The van der Waals surface area contributed by atoms with Crippen LogP contribution in [-0.4, -0.2) is 52.7 Å². The summed E-state index contributed by atoms with van der Waals surface area (Å²) in [5.74, 6) is 0.468. The van der Waals surface area contributed by atoms with Gasteiger partial charge in [0, 0.05) is 17.8 Å². The highest BCUT2D eigenvalue weighted by Gasteiger charge is 2.48. The molecule has 0 spiro atoms. The summed E-state index contributed by atoms with van der Waals surface area (Å²) in [5, 5.41) is 15.4. The van der Waals surface area contributed by atoms with Crippen molar-refractivity contribution in [2.75, 3.05) is 13.1 Å². The molecule has 1 saturated carbocycles. The Morgan fingerprint density at radius 1 is 1.38 bits per heavy atom. The number of carboxylic acid groups (broad SMARTS) is 1. The van der Waals surface area contributed by atoms with E-state index in [-0.39, 0.29) is 17.7 Å². The standard InChI is InChI=1S/C14H23N3O3S/c15-9(14(19)20)6-17-13(18)11-5-10-12(21-11)8(3-4-16-10)7-1-2-7/h7-12,16H,1-6,15H2,(H,17,18)(H,19,20)/t8?,9-,10?,11?,12?/m1/s1. The molecule has 1 aliphatic carbocycles. The van der Waals surface area contributed by atoms with Gasteiger partial charge in [0.25, 0.3) is 0 Å². The Morgan fingerprint density at radius 2 is 2.14 bits per heavy atom. The van der Waals surface area contributed by atoms with Crippen LogP contribution in [0.25, 0.3) is 0 Å². The van der Waals surface area contributed by atoms with Gasteiger partial charge in [0.2, 0.25) is 5.91 Å². The average Bonchev–Trinajstić information content (AvgIpc) is 3.21. The van der Waals surface area contributed by atoms with Crippen LogP contribution in [0, 0.1) is 11.8 Å². The molecule has 3 aliphatic rings. The summed E-state index contributed by atoms with van der Waals surface area (Å²) in [4.78, 5) is 22.9. The van der Waals surface area contributed by atoms with Crippen molar-refractivity contribution in [2.45, 2.75) is 48.3 Å². The quantitative estimate of drug-likeness (QED) is 0.559. The van der Waals surface area contributed by atoms with E-state index in [0.717, 1.165) is 24.8 Å². The van der Waals surface area contributed by atoms with E-state index in [4.69, 9.17) is 10.8 Å². The van der Waals surface area contributed by atoms with E-state index in [0.29, 0.717) is 11.3 Å². The number of piperidine rings is 1. The Morgan fingerprint density at radius 3 is 2.81 bits per heavy atom. The summed E-state index contributed by atoms with van der Waals surface area (Å²) in [6, 6.07) is -0.599. The number of thioether (sulfide) groups is 1. The fourth-order valence-electron chi connectivity index (χ4n) is 3.51. The number of fused-ring (bicyclic) bond motifs is 1. The van der Waals surface area contributed by atoms with Crippen molar-refractivity contribution in [3.05, 3.63) is 0 Å². The smallest absolute Gasteiger partial charge is 0.322 e. The molecule has 0 aromatic rings. The van der Waals surface area contributed by atoms with Crippen molar-refractivity contribution >= 4 is 23.6 Å². The fourth-order valence-corrected chi connectivity index (χ4v) is 5.37. The number of carboxylic acids is 1. The highest BCUT2D eigenvalue weighted by molar-refractivity contribution is 8.01. The third-order valence-electron chi connectivity index (χ3n) is 4.83. The van der Waals surface area contributed by atoms with E-state index in [1.54, 1.807) is 11.8 Å². The van der Waals surface area contributed by atoms with Crippen molar-refractivity contribution in [1.29, 1.82) is 0 Å². The molecular weight excluding hydrogens is 290 g/mol. The SMILES string of the molecule is N[C@H](CNC(=O)C1CC2NCCC(C3CC3)C2S1)C(=O)O. The Hall–Kier alpha value is -0.790. The maximum atomic E-state index is 12.2. The summed E-state index contributed by atoms with van der Waals surface area (Å²) in [7, 11) is 0. The van der Waals surface area contributed by atoms with Crippen LogP contribution in [0.4, 0.5) is 0 Å². The van der Waals surface area contributed by atoms with E-state index < -0.39 is 12.0 Å². The largest absolute Gasteiger partial charge is 0.480 e. The zero-order valence-electron chi connectivity index (χ0n) is 12.0. The van der Waals surface area contributed by atoms with Gasteiger partial charge in [0.05, 0.1) is 5.25 Å². The predicted octanol–water partition coefficient (Wildman–Crippen LogP) is -0.223. The van der Waals surface area contributed by atoms with E-state index in [1.807, 2.05) is 0 Å². The number of amides is 1. The number of aliphatic carboxylic acids is 1. The van der Waals surface area contributed by atoms with E-state index in [9.17, 15) is 9.59 Å². The van der Waals surface area contributed by atoms with Crippen molar-refractivity contribution in [3.63, 3.8) is 0 Å². The zero-order chi connectivity index (χ0) is 15.0. The lowest BCUT2D eigenvalue weighted by atomic mass is 9.86. The summed E-state index contributed by atoms with van der Waals surface area (Å²) in [5.41, 5.74) is 5.42. The number of nitrogens with two attached hydrogens (primary N) is 1. The molecule has 6 nitrogen and oxygen atoms in total. The van der Waals surface area contributed by atoms with Gasteiger partial charge in [-0.2, -0.15) is 0 Å². The number of hydrogen-bond donors (Lipinski definition) is 4. The number of nitrogens with one attached hydrogen (secondary N) is 2. The predicted molar refractivity (Wildman–Crippen MR) is 81.0 cm³/mol. The Balaban J connectivity index is 1.53. The molecule has 3 rings (SSSR count). The van der Waals surface area contributed by atoms with Gasteiger partial charge < -0.3 is 21.5 Å². The van der Waals surface area contributed by atoms with E-state index >= 15 is 0 Å². The molecule has 0 bridgehead atoms. The first kappa shape index (κ1) is 15.1. The number of hydrogen-bond acceptors (Lipinski definition) is 5.